The monoisotopic (exact) mass is 187 g/mol. The summed E-state index contributed by atoms with van der Waals surface area (Å²) in [6.07, 6.45) is 2.08. The zero-order chi connectivity index (χ0) is 8.27. The van der Waals surface area contributed by atoms with E-state index in [9.17, 15) is 0 Å². The molecule has 0 spiro atoms. The zero-order valence-electron chi connectivity index (χ0n) is 6.83. The molecule has 3 heteroatoms. The van der Waals surface area contributed by atoms with Gasteiger partial charge in [-0.05, 0) is 30.2 Å². The molecule has 0 saturated heterocycles. The van der Waals surface area contributed by atoms with Crippen LogP contribution in [0.25, 0.3) is 0 Å². The molecule has 11 heavy (non-hydrogen) atoms. The van der Waals surface area contributed by atoms with Crippen LogP contribution in [0.15, 0.2) is 11.4 Å². The van der Waals surface area contributed by atoms with Crippen molar-refractivity contribution in [3.8, 4) is 0 Å². The Bertz CT molecular complexity index is 220. The maximum absolute atomic E-state index is 5.90. The van der Waals surface area contributed by atoms with Crippen LogP contribution in [0.3, 0.4) is 0 Å². The van der Waals surface area contributed by atoms with E-state index in [0.29, 0.717) is 0 Å². The van der Waals surface area contributed by atoms with Crippen LogP contribution in [-0.2, 0) is 0 Å². The van der Waals surface area contributed by atoms with Gasteiger partial charge >= 0.3 is 0 Å². The second kappa shape index (κ2) is 4.14. The van der Waals surface area contributed by atoms with Crippen LogP contribution in [0.2, 0.25) is 0 Å². The minimum absolute atomic E-state index is 0.218. The molecule has 0 saturated carbocycles. The predicted octanol–water partition coefficient (Wildman–Crippen LogP) is 2.42. The van der Waals surface area contributed by atoms with Gasteiger partial charge in [0.05, 0.1) is 0 Å². The molecule has 1 nitrogen and oxygen atoms in total. The lowest BCUT2D eigenvalue weighted by atomic mass is 10.2. The standard InChI is InChI=1S/C8H13NS2/c1-6-3-7(4-11-6)8(9)5-10-2/h3-4,8H,5,9H2,1-2H3. The average molecular weight is 187 g/mol. The maximum Gasteiger partial charge on any atom is 0.0395 e. The molecular formula is C8H13NS2. The molecule has 0 aromatic carbocycles. The molecule has 2 N–H and O–H groups in total. The van der Waals surface area contributed by atoms with Crippen molar-refractivity contribution in [2.45, 2.75) is 13.0 Å². The van der Waals surface area contributed by atoms with E-state index in [-0.39, 0.29) is 6.04 Å². The predicted molar refractivity (Wildman–Crippen MR) is 54.4 cm³/mol. The molecule has 1 rings (SSSR count). The molecule has 0 aliphatic carbocycles. The third kappa shape index (κ3) is 2.51. The SMILES string of the molecule is CSCC(N)c1csc(C)c1. The van der Waals surface area contributed by atoms with Gasteiger partial charge in [0.1, 0.15) is 0 Å². The summed E-state index contributed by atoms with van der Waals surface area (Å²) in [5.74, 6) is 1.01. The topological polar surface area (TPSA) is 26.0 Å². The van der Waals surface area contributed by atoms with Crippen molar-refractivity contribution in [2.75, 3.05) is 12.0 Å². The van der Waals surface area contributed by atoms with E-state index in [0.717, 1.165) is 5.75 Å². The van der Waals surface area contributed by atoms with Crippen LogP contribution in [0.5, 0.6) is 0 Å². The Morgan fingerprint density at radius 2 is 2.45 bits per heavy atom. The third-order valence-electron chi connectivity index (χ3n) is 1.53. The molecule has 1 aromatic heterocycles. The molecular weight excluding hydrogens is 174 g/mol. The summed E-state index contributed by atoms with van der Waals surface area (Å²) in [5.41, 5.74) is 7.18. The van der Waals surface area contributed by atoms with Crippen LogP contribution in [-0.4, -0.2) is 12.0 Å². The zero-order valence-corrected chi connectivity index (χ0v) is 8.47. The Hall–Kier alpha value is 0.0100. The summed E-state index contributed by atoms with van der Waals surface area (Å²) in [6.45, 7) is 2.11. The number of hydrogen-bond acceptors (Lipinski definition) is 3. The number of thioether (sulfide) groups is 1. The Morgan fingerprint density at radius 3 is 2.91 bits per heavy atom. The van der Waals surface area contributed by atoms with Crippen LogP contribution >= 0.6 is 23.1 Å². The number of rotatable bonds is 3. The number of hydrogen-bond donors (Lipinski definition) is 1. The van der Waals surface area contributed by atoms with E-state index in [4.69, 9.17) is 5.73 Å². The van der Waals surface area contributed by atoms with Crippen molar-refractivity contribution in [1.29, 1.82) is 0 Å². The van der Waals surface area contributed by atoms with E-state index < -0.39 is 0 Å². The van der Waals surface area contributed by atoms with Gasteiger partial charge in [0.2, 0.25) is 0 Å². The van der Waals surface area contributed by atoms with Crippen LogP contribution in [0.1, 0.15) is 16.5 Å². The highest BCUT2D eigenvalue weighted by Crippen LogP contribution is 2.20. The second-order valence-corrected chi connectivity index (χ2v) is 4.58. The van der Waals surface area contributed by atoms with E-state index >= 15 is 0 Å². The maximum atomic E-state index is 5.90. The van der Waals surface area contributed by atoms with Crippen molar-refractivity contribution < 1.29 is 0 Å². The minimum atomic E-state index is 0.218. The largest absolute Gasteiger partial charge is 0.323 e. The summed E-state index contributed by atoms with van der Waals surface area (Å²) in [7, 11) is 0. The van der Waals surface area contributed by atoms with Gasteiger partial charge in [0, 0.05) is 16.7 Å². The van der Waals surface area contributed by atoms with Gasteiger partial charge in [0.15, 0.2) is 0 Å². The highest BCUT2D eigenvalue weighted by molar-refractivity contribution is 7.98. The normalized spacial score (nSPS) is 13.4. The average Bonchev–Trinajstić information content (AvgIpc) is 2.36. The lowest BCUT2D eigenvalue weighted by Crippen LogP contribution is -2.11. The van der Waals surface area contributed by atoms with Crippen molar-refractivity contribution in [1.82, 2.24) is 0 Å². The van der Waals surface area contributed by atoms with E-state index in [1.54, 1.807) is 23.1 Å². The molecule has 0 bridgehead atoms. The summed E-state index contributed by atoms with van der Waals surface area (Å²) in [4.78, 5) is 1.34. The molecule has 1 heterocycles. The first-order valence-corrected chi connectivity index (χ1v) is 5.81. The van der Waals surface area contributed by atoms with Crippen LogP contribution < -0.4 is 5.73 Å². The van der Waals surface area contributed by atoms with Gasteiger partial charge in [-0.15, -0.1) is 11.3 Å². The van der Waals surface area contributed by atoms with Crippen molar-refractivity contribution in [3.63, 3.8) is 0 Å². The molecule has 1 unspecified atom stereocenters. The molecule has 0 amide bonds. The second-order valence-electron chi connectivity index (χ2n) is 2.55. The van der Waals surface area contributed by atoms with Gasteiger partial charge in [-0.1, -0.05) is 0 Å². The lowest BCUT2D eigenvalue weighted by molar-refractivity contribution is 0.837. The molecule has 0 aliphatic rings. The fourth-order valence-corrected chi connectivity index (χ4v) is 2.25. The first-order valence-electron chi connectivity index (χ1n) is 3.53. The molecule has 0 radical (unpaired) electrons. The minimum Gasteiger partial charge on any atom is -0.323 e. The highest BCUT2D eigenvalue weighted by atomic mass is 32.2. The summed E-state index contributed by atoms with van der Waals surface area (Å²) >= 11 is 3.56. The Morgan fingerprint density at radius 1 is 1.73 bits per heavy atom. The smallest absolute Gasteiger partial charge is 0.0395 e. The van der Waals surface area contributed by atoms with Crippen molar-refractivity contribution in [2.24, 2.45) is 5.73 Å². The Kier molecular flexibility index (Phi) is 3.43. The fourth-order valence-electron chi connectivity index (χ4n) is 0.934. The van der Waals surface area contributed by atoms with Crippen molar-refractivity contribution >= 4 is 23.1 Å². The van der Waals surface area contributed by atoms with Crippen molar-refractivity contribution in [3.05, 3.63) is 21.9 Å². The van der Waals surface area contributed by atoms with E-state index in [2.05, 4.69) is 24.6 Å². The number of aryl methyl sites for hydroxylation is 1. The molecule has 1 atom stereocenters. The Balaban J connectivity index is 2.60. The molecule has 0 aliphatic heterocycles. The number of thiophene rings is 1. The summed E-state index contributed by atoms with van der Waals surface area (Å²) in [5, 5.41) is 2.15. The van der Waals surface area contributed by atoms with E-state index in [1.165, 1.54) is 10.4 Å². The first-order chi connectivity index (χ1) is 5.24. The van der Waals surface area contributed by atoms with E-state index in [1.807, 2.05) is 0 Å². The van der Waals surface area contributed by atoms with Gasteiger partial charge in [-0.2, -0.15) is 11.8 Å². The third-order valence-corrected chi connectivity index (χ3v) is 3.10. The van der Waals surface area contributed by atoms with Gasteiger partial charge in [0.25, 0.3) is 0 Å². The highest BCUT2D eigenvalue weighted by Gasteiger charge is 2.05. The molecule has 1 aromatic rings. The summed E-state index contributed by atoms with van der Waals surface area (Å²) in [6, 6.07) is 2.39. The van der Waals surface area contributed by atoms with Gasteiger partial charge < -0.3 is 5.73 Å². The van der Waals surface area contributed by atoms with Crippen LogP contribution in [0, 0.1) is 6.92 Å². The molecule has 0 fully saturated rings. The van der Waals surface area contributed by atoms with Gasteiger partial charge in [-0.3, -0.25) is 0 Å². The summed E-state index contributed by atoms with van der Waals surface area (Å²) < 4.78 is 0. The quantitative estimate of drug-likeness (QED) is 0.786. The van der Waals surface area contributed by atoms with Gasteiger partial charge in [-0.25, -0.2) is 0 Å². The first kappa shape index (κ1) is 9.10. The number of nitrogens with two attached hydrogens (primary N) is 1. The molecule has 62 valence electrons. The fraction of sp³-hybridized carbons (Fsp3) is 0.500. The Labute approximate surface area is 76.0 Å². The van der Waals surface area contributed by atoms with Crippen LogP contribution in [0.4, 0.5) is 0 Å². The lowest BCUT2D eigenvalue weighted by Gasteiger charge is -2.06.